The zero-order valence-corrected chi connectivity index (χ0v) is 17.7. The SMILES string of the molecule is CCOC(=O)C[C@H]([SiH2]N)c1c(F)c(-c2c(C)cccc2C)cc(C(F)(F)F)c1F. The number of hydrogen-bond donors (Lipinski definition) is 1. The molecule has 2 aromatic rings. The average Bonchev–Trinajstić information content (AvgIpc) is 2.61. The molecule has 0 radical (unpaired) electrons. The Morgan fingerprint density at radius 2 is 1.76 bits per heavy atom. The van der Waals surface area contributed by atoms with Crippen LogP contribution in [0.1, 0.15) is 41.1 Å². The van der Waals surface area contributed by atoms with Crippen molar-refractivity contribution in [3.8, 4) is 11.1 Å². The zero-order chi connectivity index (χ0) is 21.9. The fraction of sp³-hybridized carbons (Fsp3) is 0.350. The highest BCUT2D eigenvalue weighted by Gasteiger charge is 2.39. The summed E-state index contributed by atoms with van der Waals surface area (Å²) in [5.74, 6) is -3.61. The maximum absolute atomic E-state index is 15.4. The first-order chi connectivity index (χ1) is 13.5. The fourth-order valence-electron chi connectivity index (χ4n) is 3.37. The Balaban J connectivity index is 2.81. The van der Waals surface area contributed by atoms with Gasteiger partial charge in [0, 0.05) is 16.7 Å². The van der Waals surface area contributed by atoms with Crippen LogP contribution < -0.4 is 5.40 Å². The van der Waals surface area contributed by atoms with Crippen LogP contribution in [0.4, 0.5) is 22.0 Å². The maximum atomic E-state index is 15.4. The van der Waals surface area contributed by atoms with E-state index in [9.17, 15) is 22.4 Å². The van der Waals surface area contributed by atoms with E-state index in [0.29, 0.717) is 17.2 Å². The third-order valence-corrected chi connectivity index (χ3v) is 5.97. The number of halogens is 5. The van der Waals surface area contributed by atoms with Crippen LogP contribution in [0.2, 0.25) is 0 Å². The van der Waals surface area contributed by atoms with E-state index in [1.54, 1.807) is 39.0 Å². The molecule has 0 bridgehead atoms. The number of benzene rings is 2. The van der Waals surface area contributed by atoms with Crippen molar-refractivity contribution in [1.29, 1.82) is 0 Å². The average molecular weight is 431 g/mol. The number of esters is 1. The molecule has 9 heteroatoms. The minimum Gasteiger partial charge on any atom is -0.466 e. The number of nitrogens with two attached hydrogens (primary N) is 1. The van der Waals surface area contributed by atoms with Crippen LogP contribution in [0.25, 0.3) is 11.1 Å². The summed E-state index contributed by atoms with van der Waals surface area (Å²) in [5.41, 5.74) is -2.56. The molecule has 2 rings (SSSR count). The van der Waals surface area contributed by atoms with Crippen molar-refractivity contribution in [2.75, 3.05) is 6.61 Å². The van der Waals surface area contributed by atoms with Crippen molar-refractivity contribution in [2.45, 2.75) is 38.9 Å². The van der Waals surface area contributed by atoms with Crippen molar-refractivity contribution in [2.24, 2.45) is 5.40 Å². The molecule has 0 aromatic heterocycles. The Kier molecular flexibility index (Phi) is 7.18. The van der Waals surface area contributed by atoms with E-state index in [1.165, 1.54) is 0 Å². The first-order valence-electron chi connectivity index (χ1n) is 9.04. The molecule has 158 valence electrons. The molecule has 2 N–H and O–H groups in total. The Morgan fingerprint density at radius 3 is 2.24 bits per heavy atom. The van der Waals surface area contributed by atoms with Crippen LogP contribution in [0, 0.1) is 25.5 Å². The lowest BCUT2D eigenvalue weighted by Crippen LogP contribution is -2.25. The predicted octanol–water partition coefficient (Wildman–Crippen LogP) is 4.30. The normalized spacial score (nSPS) is 13.1. The number of aryl methyl sites for hydroxylation is 2. The molecule has 1 atom stereocenters. The molecule has 0 amide bonds. The van der Waals surface area contributed by atoms with Gasteiger partial charge < -0.3 is 10.1 Å². The van der Waals surface area contributed by atoms with Crippen LogP contribution in [0.5, 0.6) is 0 Å². The summed E-state index contributed by atoms with van der Waals surface area (Å²) >= 11 is 0. The quantitative estimate of drug-likeness (QED) is 0.421. The highest BCUT2D eigenvalue weighted by atomic mass is 28.2. The van der Waals surface area contributed by atoms with Gasteiger partial charge in [0.05, 0.1) is 28.3 Å². The van der Waals surface area contributed by atoms with Crippen LogP contribution in [0.3, 0.4) is 0 Å². The van der Waals surface area contributed by atoms with Crippen molar-refractivity contribution >= 4 is 15.7 Å². The summed E-state index contributed by atoms with van der Waals surface area (Å²) in [6.07, 6.45) is -5.51. The lowest BCUT2D eigenvalue weighted by molar-refractivity contribution is -0.143. The molecular weight excluding hydrogens is 409 g/mol. The van der Waals surface area contributed by atoms with Gasteiger partial charge in [0.25, 0.3) is 0 Å². The van der Waals surface area contributed by atoms with Gasteiger partial charge in [-0.25, -0.2) is 8.78 Å². The summed E-state index contributed by atoms with van der Waals surface area (Å²) in [5, 5.41) is 5.71. The van der Waals surface area contributed by atoms with E-state index in [2.05, 4.69) is 0 Å². The van der Waals surface area contributed by atoms with Gasteiger partial charge in [0.15, 0.2) is 0 Å². The smallest absolute Gasteiger partial charge is 0.419 e. The Hall–Kier alpha value is -2.26. The second kappa shape index (κ2) is 9.04. The molecular formula is C20H22F5NO2Si. The Labute approximate surface area is 168 Å². The van der Waals surface area contributed by atoms with E-state index < -0.39 is 56.6 Å². The standard InChI is InChI=1S/C20H22F5NO2Si/c1-4-28-15(27)9-14(29-26)17-18(21)12(8-13(19(17)22)20(23,24)25)16-10(2)6-5-7-11(16)3/h5-8,14H,4,9,26,29H2,1-3H3/t14-/m0/s1. The number of hydrogen-bond acceptors (Lipinski definition) is 3. The molecule has 0 saturated carbocycles. The predicted molar refractivity (Wildman–Crippen MR) is 103 cm³/mol. The van der Waals surface area contributed by atoms with Crippen molar-refractivity contribution in [3.63, 3.8) is 0 Å². The fourth-order valence-corrected chi connectivity index (χ4v) is 4.36. The van der Waals surface area contributed by atoms with Gasteiger partial charge in [-0.05, 0) is 43.5 Å². The number of carbonyl (C=O) groups is 1. The van der Waals surface area contributed by atoms with Crippen LogP contribution in [-0.2, 0) is 15.7 Å². The largest absolute Gasteiger partial charge is 0.466 e. The summed E-state index contributed by atoms with van der Waals surface area (Å²) in [7, 11) is -1.80. The summed E-state index contributed by atoms with van der Waals surface area (Å²) < 4.78 is 75.7. The highest BCUT2D eigenvalue weighted by molar-refractivity contribution is 6.34. The van der Waals surface area contributed by atoms with Crippen molar-refractivity contribution in [3.05, 3.63) is 58.2 Å². The molecule has 3 nitrogen and oxygen atoms in total. The second-order valence-electron chi connectivity index (χ2n) is 6.72. The lowest BCUT2D eigenvalue weighted by atomic mass is 9.90. The summed E-state index contributed by atoms with van der Waals surface area (Å²) in [6, 6.07) is 5.44. The van der Waals surface area contributed by atoms with E-state index in [-0.39, 0.29) is 17.7 Å². The topological polar surface area (TPSA) is 52.3 Å². The summed E-state index contributed by atoms with van der Waals surface area (Å²) in [6.45, 7) is 4.86. The number of alkyl halides is 3. The van der Waals surface area contributed by atoms with Gasteiger partial charge in [-0.2, -0.15) is 13.2 Å². The van der Waals surface area contributed by atoms with E-state index >= 15 is 4.39 Å². The minimum absolute atomic E-state index is 0.0406. The first kappa shape index (κ1) is 23.0. The van der Waals surface area contributed by atoms with Crippen molar-refractivity contribution in [1.82, 2.24) is 0 Å². The van der Waals surface area contributed by atoms with Gasteiger partial charge in [0.1, 0.15) is 11.6 Å². The third-order valence-electron chi connectivity index (χ3n) is 4.70. The van der Waals surface area contributed by atoms with Gasteiger partial charge >= 0.3 is 12.1 Å². The Morgan fingerprint density at radius 1 is 1.17 bits per heavy atom. The number of ether oxygens (including phenoxy) is 1. The monoisotopic (exact) mass is 431 g/mol. The Bertz CT molecular complexity index is 894. The highest BCUT2D eigenvalue weighted by Crippen LogP contribution is 2.41. The van der Waals surface area contributed by atoms with E-state index in [1.807, 2.05) is 0 Å². The molecule has 0 aliphatic rings. The zero-order valence-electron chi connectivity index (χ0n) is 16.3. The van der Waals surface area contributed by atoms with Gasteiger partial charge in [-0.3, -0.25) is 4.79 Å². The van der Waals surface area contributed by atoms with Crippen molar-refractivity contribution < 1.29 is 31.5 Å². The molecule has 0 fully saturated rings. The molecule has 0 heterocycles. The van der Waals surface area contributed by atoms with E-state index in [4.69, 9.17) is 10.1 Å². The maximum Gasteiger partial charge on any atom is 0.419 e. The van der Waals surface area contributed by atoms with Gasteiger partial charge in [0.2, 0.25) is 0 Å². The minimum atomic E-state index is -5.04. The molecule has 0 unspecified atom stereocenters. The number of carbonyl (C=O) groups excluding carboxylic acids is 1. The molecule has 2 aromatic carbocycles. The summed E-state index contributed by atoms with van der Waals surface area (Å²) in [4.78, 5) is 11.8. The number of rotatable bonds is 6. The third kappa shape index (κ3) is 4.84. The lowest BCUT2D eigenvalue weighted by Gasteiger charge is -2.22. The molecule has 0 spiro atoms. The first-order valence-corrected chi connectivity index (χ1v) is 10.7. The van der Waals surface area contributed by atoms with Crippen LogP contribution in [0.15, 0.2) is 24.3 Å². The van der Waals surface area contributed by atoms with Gasteiger partial charge in [-0.1, -0.05) is 18.2 Å². The van der Waals surface area contributed by atoms with E-state index in [0.717, 1.165) is 0 Å². The van der Waals surface area contributed by atoms with Gasteiger partial charge in [-0.15, -0.1) is 0 Å². The molecule has 0 aliphatic carbocycles. The van der Waals surface area contributed by atoms with Crippen LogP contribution in [-0.4, -0.2) is 22.3 Å². The second-order valence-corrected chi connectivity index (χ2v) is 8.18. The van der Waals surface area contributed by atoms with Crippen LogP contribution >= 0.6 is 0 Å². The molecule has 0 saturated heterocycles. The molecule has 0 aliphatic heterocycles. The molecule has 29 heavy (non-hydrogen) atoms.